The molecule has 0 saturated carbocycles. The van der Waals surface area contributed by atoms with Gasteiger partial charge in [-0.3, -0.25) is 4.79 Å². The first kappa shape index (κ1) is 14.3. The quantitative estimate of drug-likeness (QED) is 0.864. The van der Waals surface area contributed by atoms with Crippen LogP contribution in [-0.4, -0.2) is 33.6 Å². The van der Waals surface area contributed by atoms with Crippen LogP contribution < -0.4 is 14.8 Å². The molecule has 0 atom stereocenters. The SMILES string of the molecule is COc1c(C2CCNCC2)cc(Br)c(C=O)c1OC. The van der Waals surface area contributed by atoms with E-state index in [2.05, 4.69) is 21.2 Å². The fourth-order valence-corrected chi connectivity index (χ4v) is 3.12. The van der Waals surface area contributed by atoms with Gasteiger partial charge >= 0.3 is 0 Å². The monoisotopic (exact) mass is 327 g/mol. The van der Waals surface area contributed by atoms with E-state index in [0.717, 1.165) is 42.3 Å². The van der Waals surface area contributed by atoms with Gasteiger partial charge in [0.1, 0.15) is 0 Å². The molecule has 19 heavy (non-hydrogen) atoms. The summed E-state index contributed by atoms with van der Waals surface area (Å²) in [6, 6.07) is 1.99. The average Bonchev–Trinajstić information content (AvgIpc) is 2.46. The van der Waals surface area contributed by atoms with Gasteiger partial charge in [0.2, 0.25) is 0 Å². The zero-order valence-electron chi connectivity index (χ0n) is 11.2. The Morgan fingerprint density at radius 3 is 2.42 bits per heavy atom. The second-order valence-corrected chi connectivity index (χ2v) is 5.42. The number of carbonyl (C=O) groups is 1. The van der Waals surface area contributed by atoms with Gasteiger partial charge in [0.15, 0.2) is 17.8 Å². The predicted octanol–water partition coefficient (Wildman–Crippen LogP) is 2.75. The Hall–Kier alpha value is -1.07. The van der Waals surface area contributed by atoms with Crippen LogP contribution in [0.3, 0.4) is 0 Å². The summed E-state index contributed by atoms with van der Waals surface area (Å²) in [7, 11) is 3.18. The molecule has 0 aromatic heterocycles. The van der Waals surface area contributed by atoms with Crippen LogP contribution in [-0.2, 0) is 0 Å². The number of ether oxygens (including phenoxy) is 2. The van der Waals surface area contributed by atoms with Crippen molar-refractivity contribution in [3.8, 4) is 11.5 Å². The lowest BCUT2D eigenvalue weighted by atomic mass is 9.88. The summed E-state index contributed by atoms with van der Waals surface area (Å²) in [4.78, 5) is 11.2. The number of hydrogen-bond acceptors (Lipinski definition) is 4. The molecule has 0 amide bonds. The molecule has 1 aromatic rings. The van der Waals surface area contributed by atoms with Crippen molar-refractivity contribution < 1.29 is 14.3 Å². The minimum atomic E-state index is 0.433. The molecule has 1 aliphatic rings. The number of aldehydes is 1. The third-order valence-electron chi connectivity index (χ3n) is 3.56. The lowest BCUT2D eigenvalue weighted by Gasteiger charge is -2.26. The van der Waals surface area contributed by atoms with Gasteiger partial charge in [0.05, 0.1) is 19.8 Å². The molecule has 0 radical (unpaired) electrons. The number of hydrogen-bond donors (Lipinski definition) is 1. The van der Waals surface area contributed by atoms with E-state index >= 15 is 0 Å². The second kappa shape index (κ2) is 6.39. The number of methoxy groups -OCH3 is 2. The standard InChI is InChI=1S/C14H18BrNO3/c1-18-13-10(9-3-5-16-6-4-9)7-12(15)11(8-17)14(13)19-2/h7-9,16H,3-6H2,1-2H3. The molecule has 0 bridgehead atoms. The smallest absolute Gasteiger partial charge is 0.172 e. The molecule has 1 aromatic carbocycles. The van der Waals surface area contributed by atoms with Crippen LogP contribution in [0.5, 0.6) is 11.5 Å². The van der Waals surface area contributed by atoms with E-state index in [0.29, 0.717) is 23.0 Å². The Morgan fingerprint density at radius 1 is 1.26 bits per heavy atom. The maximum absolute atomic E-state index is 11.2. The molecule has 0 unspecified atom stereocenters. The van der Waals surface area contributed by atoms with E-state index in [1.54, 1.807) is 14.2 Å². The van der Waals surface area contributed by atoms with E-state index in [4.69, 9.17) is 9.47 Å². The highest BCUT2D eigenvalue weighted by Gasteiger charge is 2.25. The van der Waals surface area contributed by atoms with Crippen LogP contribution in [0.25, 0.3) is 0 Å². The minimum Gasteiger partial charge on any atom is -0.493 e. The number of halogens is 1. The van der Waals surface area contributed by atoms with Gasteiger partial charge in [-0.05, 0) is 53.8 Å². The third kappa shape index (κ3) is 2.77. The zero-order chi connectivity index (χ0) is 13.8. The van der Waals surface area contributed by atoms with Crippen molar-refractivity contribution in [1.82, 2.24) is 5.32 Å². The fraction of sp³-hybridized carbons (Fsp3) is 0.500. The summed E-state index contributed by atoms with van der Waals surface area (Å²) >= 11 is 3.45. The van der Waals surface area contributed by atoms with E-state index < -0.39 is 0 Å². The molecule has 0 aliphatic carbocycles. The number of rotatable bonds is 4. The molecule has 1 heterocycles. The van der Waals surface area contributed by atoms with Gasteiger partial charge in [0, 0.05) is 10.0 Å². The van der Waals surface area contributed by atoms with Crippen LogP contribution in [0, 0.1) is 0 Å². The molecule has 1 fully saturated rings. The lowest BCUT2D eigenvalue weighted by molar-refractivity contribution is 0.111. The maximum atomic E-state index is 11.2. The van der Waals surface area contributed by atoms with Crippen LogP contribution >= 0.6 is 15.9 Å². The molecule has 5 heteroatoms. The molecule has 4 nitrogen and oxygen atoms in total. The molecule has 1 saturated heterocycles. The maximum Gasteiger partial charge on any atom is 0.172 e. The Bertz CT molecular complexity index is 470. The van der Waals surface area contributed by atoms with Gasteiger partial charge in [0.25, 0.3) is 0 Å². The molecule has 1 aliphatic heterocycles. The molecule has 104 valence electrons. The Labute approximate surface area is 121 Å². The number of nitrogens with one attached hydrogen (secondary N) is 1. The Kier molecular flexibility index (Phi) is 4.82. The molecule has 2 rings (SSSR count). The van der Waals surface area contributed by atoms with Crippen LogP contribution in [0.4, 0.5) is 0 Å². The van der Waals surface area contributed by atoms with Crippen molar-refractivity contribution in [1.29, 1.82) is 0 Å². The highest BCUT2D eigenvalue weighted by molar-refractivity contribution is 9.10. The summed E-state index contributed by atoms with van der Waals surface area (Å²) in [6.07, 6.45) is 2.91. The molecular weight excluding hydrogens is 310 g/mol. The van der Waals surface area contributed by atoms with Gasteiger partial charge < -0.3 is 14.8 Å². The van der Waals surface area contributed by atoms with Crippen molar-refractivity contribution in [3.63, 3.8) is 0 Å². The molecule has 1 N–H and O–H groups in total. The van der Waals surface area contributed by atoms with Crippen LogP contribution in [0.15, 0.2) is 10.5 Å². The number of benzene rings is 1. The van der Waals surface area contributed by atoms with Crippen LogP contribution in [0.2, 0.25) is 0 Å². The molecular formula is C14H18BrNO3. The van der Waals surface area contributed by atoms with E-state index in [1.807, 2.05) is 6.07 Å². The average molecular weight is 328 g/mol. The van der Waals surface area contributed by atoms with Crippen molar-refractivity contribution in [3.05, 3.63) is 21.7 Å². The van der Waals surface area contributed by atoms with Gasteiger partial charge in [-0.25, -0.2) is 0 Å². The summed E-state index contributed by atoms with van der Waals surface area (Å²) in [5.41, 5.74) is 1.61. The third-order valence-corrected chi connectivity index (χ3v) is 4.21. The topological polar surface area (TPSA) is 47.6 Å². The first-order valence-corrected chi connectivity index (χ1v) is 7.12. The summed E-state index contributed by atoms with van der Waals surface area (Å²) in [5, 5.41) is 3.35. The first-order valence-electron chi connectivity index (χ1n) is 6.33. The summed E-state index contributed by atoms with van der Waals surface area (Å²) in [5.74, 6) is 1.63. The molecule has 0 spiro atoms. The predicted molar refractivity (Wildman–Crippen MR) is 77.5 cm³/mol. The van der Waals surface area contributed by atoms with Crippen molar-refractivity contribution >= 4 is 22.2 Å². The second-order valence-electron chi connectivity index (χ2n) is 4.57. The van der Waals surface area contributed by atoms with Gasteiger partial charge in [-0.15, -0.1) is 0 Å². The highest BCUT2D eigenvalue weighted by atomic mass is 79.9. The zero-order valence-corrected chi connectivity index (χ0v) is 12.7. The first-order chi connectivity index (χ1) is 9.22. The summed E-state index contributed by atoms with van der Waals surface area (Å²) < 4.78 is 11.6. The van der Waals surface area contributed by atoms with Crippen molar-refractivity contribution in [2.75, 3.05) is 27.3 Å². The number of piperidine rings is 1. The lowest BCUT2D eigenvalue weighted by Crippen LogP contribution is -2.27. The van der Waals surface area contributed by atoms with Gasteiger partial charge in [-0.2, -0.15) is 0 Å². The minimum absolute atomic E-state index is 0.433. The van der Waals surface area contributed by atoms with E-state index in [9.17, 15) is 4.79 Å². The van der Waals surface area contributed by atoms with Crippen molar-refractivity contribution in [2.24, 2.45) is 0 Å². The largest absolute Gasteiger partial charge is 0.493 e. The van der Waals surface area contributed by atoms with Gasteiger partial charge in [-0.1, -0.05) is 0 Å². The fourth-order valence-electron chi connectivity index (χ4n) is 2.60. The number of carbonyl (C=O) groups excluding carboxylic acids is 1. The van der Waals surface area contributed by atoms with Crippen molar-refractivity contribution in [2.45, 2.75) is 18.8 Å². The van der Waals surface area contributed by atoms with Crippen LogP contribution in [0.1, 0.15) is 34.7 Å². The Morgan fingerprint density at radius 2 is 1.89 bits per heavy atom. The highest BCUT2D eigenvalue weighted by Crippen LogP contribution is 2.43. The van der Waals surface area contributed by atoms with E-state index in [1.165, 1.54) is 0 Å². The summed E-state index contributed by atoms with van der Waals surface area (Å²) in [6.45, 7) is 2.01. The Balaban J connectivity index is 2.53. The normalized spacial score (nSPS) is 16.2. The van der Waals surface area contributed by atoms with E-state index in [-0.39, 0.29) is 0 Å².